The maximum Gasteiger partial charge on any atom is 0.123 e. The molecule has 0 heterocycles. The number of para-hydroxylation sites is 1. The van der Waals surface area contributed by atoms with E-state index in [1.54, 1.807) is 7.11 Å². The summed E-state index contributed by atoms with van der Waals surface area (Å²) in [7, 11) is 1.62. The van der Waals surface area contributed by atoms with Crippen molar-refractivity contribution in [1.29, 1.82) is 5.26 Å². The van der Waals surface area contributed by atoms with E-state index in [1.807, 2.05) is 38.1 Å². The van der Waals surface area contributed by atoms with Gasteiger partial charge in [-0.1, -0.05) is 32.0 Å². The summed E-state index contributed by atoms with van der Waals surface area (Å²) in [5.74, 6) is 0.899. The van der Waals surface area contributed by atoms with E-state index in [9.17, 15) is 5.26 Å². The standard InChI is InChI=1S/C15H21NO2/c1-12(2)15(11-16,9-6-10-17)13-7-4-5-8-14(13)18-3/h4-5,7-8,12,17H,6,9-10H2,1-3H3. The second-order valence-electron chi connectivity index (χ2n) is 4.77. The number of nitriles is 1. The van der Waals surface area contributed by atoms with Crippen LogP contribution in [0.4, 0.5) is 0 Å². The molecule has 0 aliphatic heterocycles. The van der Waals surface area contributed by atoms with Crippen LogP contribution in [0.3, 0.4) is 0 Å². The van der Waals surface area contributed by atoms with E-state index in [4.69, 9.17) is 9.84 Å². The zero-order valence-electron chi connectivity index (χ0n) is 11.3. The third-order valence-corrected chi connectivity index (χ3v) is 3.50. The van der Waals surface area contributed by atoms with Crippen molar-refractivity contribution in [3.05, 3.63) is 29.8 Å². The second kappa shape index (κ2) is 6.42. The largest absolute Gasteiger partial charge is 0.496 e. The van der Waals surface area contributed by atoms with Crippen molar-refractivity contribution in [2.75, 3.05) is 13.7 Å². The maximum absolute atomic E-state index is 9.66. The fourth-order valence-corrected chi connectivity index (χ4v) is 2.35. The van der Waals surface area contributed by atoms with Crippen molar-refractivity contribution >= 4 is 0 Å². The van der Waals surface area contributed by atoms with Gasteiger partial charge in [-0.05, 0) is 24.8 Å². The van der Waals surface area contributed by atoms with Crippen LogP contribution in [0.5, 0.6) is 5.75 Å². The maximum atomic E-state index is 9.66. The topological polar surface area (TPSA) is 53.2 Å². The van der Waals surface area contributed by atoms with Crippen LogP contribution in [-0.4, -0.2) is 18.8 Å². The highest BCUT2D eigenvalue weighted by Crippen LogP contribution is 2.40. The van der Waals surface area contributed by atoms with E-state index < -0.39 is 5.41 Å². The number of benzene rings is 1. The second-order valence-corrected chi connectivity index (χ2v) is 4.77. The first-order chi connectivity index (χ1) is 8.62. The van der Waals surface area contributed by atoms with Gasteiger partial charge in [0.05, 0.1) is 18.6 Å². The molecule has 0 amide bonds. The van der Waals surface area contributed by atoms with Gasteiger partial charge in [0, 0.05) is 12.2 Å². The Morgan fingerprint density at radius 3 is 2.56 bits per heavy atom. The molecule has 18 heavy (non-hydrogen) atoms. The molecule has 3 nitrogen and oxygen atoms in total. The number of hydrogen-bond acceptors (Lipinski definition) is 3. The van der Waals surface area contributed by atoms with Crippen LogP contribution in [0.15, 0.2) is 24.3 Å². The van der Waals surface area contributed by atoms with Crippen molar-refractivity contribution in [3.8, 4) is 11.8 Å². The van der Waals surface area contributed by atoms with Crippen LogP contribution in [0.25, 0.3) is 0 Å². The molecule has 0 aliphatic carbocycles. The normalized spacial score (nSPS) is 14.0. The summed E-state index contributed by atoms with van der Waals surface area (Å²) < 4.78 is 5.37. The lowest BCUT2D eigenvalue weighted by Crippen LogP contribution is -2.31. The molecule has 0 saturated carbocycles. The van der Waals surface area contributed by atoms with Gasteiger partial charge in [-0.25, -0.2) is 0 Å². The highest BCUT2D eigenvalue weighted by atomic mass is 16.5. The molecule has 98 valence electrons. The zero-order valence-corrected chi connectivity index (χ0v) is 11.3. The van der Waals surface area contributed by atoms with E-state index in [0.717, 1.165) is 11.3 Å². The molecule has 0 spiro atoms. The van der Waals surface area contributed by atoms with E-state index >= 15 is 0 Å². The van der Waals surface area contributed by atoms with Crippen LogP contribution < -0.4 is 4.74 Å². The minimum absolute atomic E-state index is 0.102. The number of nitrogens with zero attached hydrogens (tertiary/aromatic N) is 1. The minimum Gasteiger partial charge on any atom is -0.496 e. The summed E-state index contributed by atoms with van der Waals surface area (Å²) in [4.78, 5) is 0. The Morgan fingerprint density at radius 2 is 2.06 bits per heavy atom. The molecule has 3 heteroatoms. The Balaban J connectivity index is 3.29. The van der Waals surface area contributed by atoms with Crippen molar-refractivity contribution in [2.24, 2.45) is 5.92 Å². The summed E-state index contributed by atoms with van der Waals surface area (Å²) >= 11 is 0. The van der Waals surface area contributed by atoms with Crippen LogP contribution in [0.1, 0.15) is 32.3 Å². The molecule has 1 rings (SSSR count). The van der Waals surface area contributed by atoms with Crippen molar-refractivity contribution in [2.45, 2.75) is 32.1 Å². The van der Waals surface area contributed by atoms with Crippen LogP contribution in [-0.2, 0) is 5.41 Å². The molecule has 0 aromatic heterocycles. The van der Waals surface area contributed by atoms with Gasteiger partial charge in [0.1, 0.15) is 5.75 Å². The number of rotatable bonds is 6. The highest BCUT2D eigenvalue weighted by molar-refractivity contribution is 5.44. The van der Waals surface area contributed by atoms with Gasteiger partial charge in [-0.3, -0.25) is 0 Å². The van der Waals surface area contributed by atoms with Gasteiger partial charge in [0.25, 0.3) is 0 Å². The van der Waals surface area contributed by atoms with Gasteiger partial charge < -0.3 is 9.84 Å². The number of hydrogen-bond donors (Lipinski definition) is 1. The summed E-state index contributed by atoms with van der Waals surface area (Å²) in [5, 5.41) is 18.7. The molecule has 1 unspecified atom stereocenters. The average Bonchev–Trinajstić information content (AvgIpc) is 2.40. The summed E-state index contributed by atoms with van der Waals surface area (Å²) in [6, 6.07) is 10.1. The Morgan fingerprint density at radius 1 is 1.39 bits per heavy atom. The molecule has 0 saturated heterocycles. The van der Waals surface area contributed by atoms with Gasteiger partial charge in [-0.15, -0.1) is 0 Å². The predicted molar refractivity (Wildman–Crippen MR) is 71.4 cm³/mol. The monoisotopic (exact) mass is 247 g/mol. The van der Waals surface area contributed by atoms with Crippen molar-refractivity contribution < 1.29 is 9.84 Å². The lowest BCUT2D eigenvalue weighted by Gasteiger charge is -2.32. The molecule has 0 fully saturated rings. The van der Waals surface area contributed by atoms with Crippen molar-refractivity contribution in [1.82, 2.24) is 0 Å². The number of aliphatic hydroxyl groups excluding tert-OH is 1. The molecule has 1 aromatic rings. The molecular formula is C15H21NO2. The molecule has 1 N–H and O–H groups in total. The fraction of sp³-hybridized carbons (Fsp3) is 0.533. The quantitative estimate of drug-likeness (QED) is 0.841. The Kier molecular flexibility index (Phi) is 5.18. The Labute approximate surface area is 109 Å². The van der Waals surface area contributed by atoms with Crippen LogP contribution in [0, 0.1) is 17.2 Å². The predicted octanol–water partition coefficient (Wildman–Crippen LogP) is 2.89. The fourth-order valence-electron chi connectivity index (χ4n) is 2.35. The molecule has 1 aromatic carbocycles. The number of aliphatic hydroxyl groups is 1. The zero-order chi connectivity index (χ0) is 13.6. The van der Waals surface area contributed by atoms with Crippen molar-refractivity contribution in [3.63, 3.8) is 0 Å². The molecular weight excluding hydrogens is 226 g/mol. The Bertz CT molecular complexity index is 423. The minimum atomic E-state index is -0.602. The first-order valence-corrected chi connectivity index (χ1v) is 6.28. The molecule has 0 bridgehead atoms. The van der Waals surface area contributed by atoms with Gasteiger partial charge in [0.15, 0.2) is 0 Å². The van der Waals surface area contributed by atoms with Gasteiger partial charge in [0.2, 0.25) is 0 Å². The van der Waals surface area contributed by atoms with E-state index in [1.165, 1.54) is 0 Å². The van der Waals surface area contributed by atoms with Crippen LogP contribution >= 0.6 is 0 Å². The van der Waals surface area contributed by atoms with E-state index in [2.05, 4.69) is 6.07 Å². The average molecular weight is 247 g/mol. The number of ether oxygens (including phenoxy) is 1. The smallest absolute Gasteiger partial charge is 0.123 e. The van der Waals surface area contributed by atoms with Gasteiger partial charge in [-0.2, -0.15) is 5.26 Å². The van der Waals surface area contributed by atoms with E-state index in [-0.39, 0.29) is 12.5 Å². The first-order valence-electron chi connectivity index (χ1n) is 6.28. The lowest BCUT2D eigenvalue weighted by molar-refractivity contribution is 0.254. The van der Waals surface area contributed by atoms with Gasteiger partial charge >= 0.3 is 0 Å². The molecule has 0 radical (unpaired) electrons. The summed E-state index contributed by atoms with van der Waals surface area (Å²) in [6.07, 6.45) is 1.25. The SMILES string of the molecule is COc1ccccc1C(C#N)(CCCO)C(C)C. The molecule has 1 atom stereocenters. The third kappa shape index (κ3) is 2.65. The number of methoxy groups -OCH3 is 1. The highest BCUT2D eigenvalue weighted by Gasteiger charge is 2.37. The van der Waals surface area contributed by atoms with E-state index in [0.29, 0.717) is 12.8 Å². The summed E-state index contributed by atoms with van der Waals surface area (Å²) in [6.45, 7) is 4.17. The molecule has 0 aliphatic rings. The lowest BCUT2D eigenvalue weighted by atomic mass is 9.69. The summed E-state index contributed by atoms with van der Waals surface area (Å²) in [5.41, 5.74) is 0.313. The Hall–Kier alpha value is -1.53. The first kappa shape index (κ1) is 14.5. The van der Waals surface area contributed by atoms with Crippen LogP contribution in [0.2, 0.25) is 0 Å². The third-order valence-electron chi connectivity index (χ3n) is 3.50.